The van der Waals surface area contributed by atoms with Gasteiger partial charge in [0.15, 0.2) is 0 Å². The van der Waals surface area contributed by atoms with Crippen molar-refractivity contribution in [2.75, 3.05) is 13.2 Å². The van der Waals surface area contributed by atoms with Gasteiger partial charge in [-0.3, -0.25) is 0 Å². The van der Waals surface area contributed by atoms with Crippen LogP contribution in [-0.4, -0.2) is 24.4 Å². The largest absolute Gasteiger partial charge is 0.491 e. The van der Waals surface area contributed by atoms with Crippen molar-refractivity contribution in [1.82, 2.24) is 5.32 Å². The molecule has 0 bridgehead atoms. The number of aliphatic hydroxyl groups is 1. The first kappa shape index (κ1) is 19.7. The number of halogens is 1. The first-order valence-corrected chi connectivity index (χ1v) is 9.40. The average molecular weight is 384 g/mol. The highest BCUT2D eigenvalue weighted by molar-refractivity contribution is 5.85. The lowest BCUT2D eigenvalue weighted by Gasteiger charge is -2.27. The highest BCUT2D eigenvalue weighted by Crippen LogP contribution is 2.29. The zero-order valence-corrected chi connectivity index (χ0v) is 16.1. The van der Waals surface area contributed by atoms with Gasteiger partial charge in [0.1, 0.15) is 18.5 Å². The van der Waals surface area contributed by atoms with Crippen LogP contribution in [-0.2, 0) is 6.42 Å². The van der Waals surface area contributed by atoms with Crippen LogP contribution in [0.4, 0.5) is 0 Å². The second-order valence-corrected chi connectivity index (χ2v) is 7.03. The van der Waals surface area contributed by atoms with E-state index in [2.05, 4.69) is 41.7 Å². The highest BCUT2D eigenvalue weighted by atomic mass is 35.5. The van der Waals surface area contributed by atoms with Crippen molar-refractivity contribution in [1.29, 1.82) is 0 Å². The predicted octanol–water partition coefficient (Wildman–Crippen LogP) is 4.67. The van der Waals surface area contributed by atoms with Crippen molar-refractivity contribution in [2.45, 2.75) is 31.4 Å². The van der Waals surface area contributed by atoms with Crippen LogP contribution in [0, 0.1) is 0 Å². The molecular formula is C23H26ClNO2. The van der Waals surface area contributed by atoms with Gasteiger partial charge in [0.05, 0.1) is 0 Å². The molecule has 0 aromatic heterocycles. The van der Waals surface area contributed by atoms with Gasteiger partial charge >= 0.3 is 0 Å². The van der Waals surface area contributed by atoms with E-state index in [-0.39, 0.29) is 12.4 Å². The molecule has 0 heterocycles. The third-order valence-corrected chi connectivity index (χ3v) is 5.13. The third-order valence-electron chi connectivity index (χ3n) is 5.13. The predicted molar refractivity (Wildman–Crippen MR) is 113 cm³/mol. The fourth-order valence-corrected chi connectivity index (χ4v) is 3.75. The van der Waals surface area contributed by atoms with Crippen LogP contribution in [0.25, 0.3) is 10.8 Å². The van der Waals surface area contributed by atoms with Crippen molar-refractivity contribution in [3.05, 3.63) is 77.9 Å². The molecule has 2 N–H and O–H groups in total. The second kappa shape index (κ2) is 9.23. The zero-order valence-electron chi connectivity index (χ0n) is 15.3. The van der Waals surface area contributed by atoms with E-state index in [1.165, 1.54) is 22.9 Å². The highest BCUT2D eigenvalue weighted by Gasteiger charge is 2.20. The molecule has 3 aromatic carbocycles. The maximum Gasteiger partial charge on any atom is 0.120 e. The Hall–Kier alpha value is -2.07. The van der Waals surface area contributed by atoms with Crippen LogP contribution in [0.2, 0.25) is 0 Å². The van der Waals surface area contributed by atoms with Gasteiger partial charge in [-0.2, -0.15) is 0 Å². The first-order chi connectivity index (χ1) is 12.8. The molecule has 1 aliphatic carbocycles. The molecule has 2 atom stereocenters. The molecular weight excluding hydrogens is 358 g/mol. The molecule has 142 valence electrons. The van der Waals surface area contributed by atoms with Crippen molar-refractivity contribution < 1.29 is 9.84 Å². The molecule has 1 aliphatic rings. The minimum Gasteiger partial charge on any atom is -0.491 e. The maximum absolute atomic E-state index is 10.3. The molecule has 27 heavy (non-hydrogen) atoms. The Kier molecular flexibility index (Phi) is 6.73. The number of aliphatic hydroxyl groups excluding tert-OH is 1. The Morgan fingerprint density at radius 2 is 1.78 bits per heavy atom. The molecule has 0 saturated heterocycles. The third kappa shape index (κ3) is 4.81. The molecule has 0 amide bonds. The lowest BCUT2D eigenvalue weighted by molar-refractivity contribution is 0.103. The smallest absolute Gasteiger partial charge is 0.120 e. The van der Waals surface area contributed by atoms with E-state index in [1.54, 1.807) is 0 Å². The molecule has 0 spiro atoms. The molecule has 4 heteroatoms. The number of benzene rings is 3. The number of rotatable bonds is 6. The minimum atomic E-state index is -0.532. The SMILES string of the molecule is Cl.O[C@@H](CN[C@@H]1CCCc2ccccc21)COc1ccc2ccccc2c1. The van der Waals surface area contributed by atoms with Crippen LogP contribution in [0.1, 0.15) is 30.0 Å². The Labute approximate surface area is 166 Å². The summed E-state index contributed by atoms with van der Waals surface area (Å²) in [5.74, 6) is 0.797. The van der Waals surface area contributed by atoms with Crippen LogP contribution in [0.15, 0.2) is 66.7 Å². The summed E-state index contributed by atoms with van der Waals surface area (Å²) in [4.78, 5) is 0. The standard InChI is InChI=1S/C23H25NO2.ClH/c25-20(15-24-23-11-5-9-18-7-3-4-10-22(18)23)16-26-21-13-12-17-6-1-2-8-19(17)14-21;/h1-4,6-8,10,12-14,20,23-25H,5,9,11,15-16H2;1H/t20-,23+;/m0./s1. The fraction of sp³-hybridized carbons (Fsp3) is 0.304. The number of fused-ring (bicyclic) bond motifs is 2. The van der Waals surface area contributed by atoms with E-state index < -0.39 is 6.10 Å². The van der Waals surface area contributed by atoms with E-state index >= 15 is 0 Å². The van der Waals surface area contributed by atoms with E-state index in [0.29, 0.717) is 19.2 Å². The van der Waals surface area contributed by atoms with Crippen molar-refractivity contribution in [3.8, 4) is 5.75 Å². The van der Waals surface area contributed by atoms with Gasteiger partial charge in [-0.15, -0.1) is 12.4 Å². The average Bonchev–Trinajstić information content (AvgIpc) is 2.70. The molecule has 0 saturated carbocycles. The summed E-state index contributed by atoms with van der Waals surface area (Å²) in [6, 6.07) is 23.2. The van der Waals surface area contributed by atoms with Gasteiger partial charge in [0.2, 0.25) is 0 Å². The fourth-order valence-electron chi connectivity index (χ4n) is 3.75. The Morgan fingerprint density at radius 3 is 2.67 bits per heavy atom. The minimum absolute atomic E-state index is 0. The molecule has 4 rings (SSSR count). The molecule has 0 radical (unpaired) electrons. The summed E-state index contributed by atoms with van der Waals surface area (Å²) in [5.41, 5.74) is 2.81. The quantitative estimate of drug-likeness (QED) is 0.650. The summed E-state index contributed by atoms with van der Waals surface area (Å²) in [5, 5.41) is 16.2. The van der Waals surface area contributed by atoms with Gasteiger partial charge < -0.3 is 15.2 Å². The van der Waals surface area contributed by atoms with E-state index in [9.17, 15) is 5.11 Å². The van der Waals surface area contributed by atoms with Gasteiger partial charge in [-0.1, -0.05) is 54.6 Å². The van der Waals surface area contributed by atoms with Crippen molar-refractivity contribution in [2.24, 2.45) is 0 Å². The monoisotopic (exact) mass is 383 g/mol. The van der Waals surface area contributed by atoms with Gasteiger partial charge in [0.25, 0.3) is 0 Å². The number of nitrogens with one attached hydrogen (secondary N) is 1. The van der Waals surface area contributed by atoms with Gasteiger partial charge in [-0.05, 0) is 53.3 Å². The summed E-state index contributed by atoms with van der Waals surface area (Å²) in [7, 11) is 0. The van der Waals surface area contributed by atoms with Crippen molar-refractivity contribution >= 4 is 23.2 Å². The summed E-state index contributed by atoms with van der Waals surface area (Å²) < 4.78 is 5.80. The van der Waals surface area contributed by atoms with Crippen molar-refractivity contribution in [3.63, 3.8) is 0 Å². The molecule has 0 unspecified atom stereocenters. The number of aryl methyl sites for hydroxylation is 1. The lowest BCUT2D eigenvalue weighted by atomic mass is 9.88. The van der Waals surface area contributed by atoms with E-state index in [4.69, 9.17) is 4.74 Å². The first-order valence-electron chi connectivity index (χ1n) is 9.40. The zero-order chi connectivity index (χ0) is 17.8. The topological polar surface area (TPSA) is 41.5 Å². The molecule has 0 fully saturated rings. The summed E-state index contributed by atoms with van der Waals surface area (Å²) >= 11 is 0. The summed E-state index contributed by atoms with van der Waals surface area (Å²) in [6.07, 6.45) is 2.94. The molecule has 3 nitrogen and oxygen atoms in total. The number of hydrogen-bond acceptors (Lipinski definition) is 3. The Morgan fingerprint density at radius 1 is 1.00 bits per heavy atom. The van der Waals surface area contributed by atoms with E-state index in [0.717, 1.165) is 24.0 Å². The van der Waals surface area contributed by atoms with E-state index in [1.807, 2.05) is 30.3 Å². The van der Waals surface area contributed by atoms with Gasteiger partial charge in [-0.25, -0.2) is 0 Å². The number of hydrogen-bond donors (Lipinski definition) is 2. The van der Waals surface area contributed by atoms with Gasteiger partial charge in [0, 0.05) is 12.6 Å². The van der Waals surface area contributed by atoms with Crippen LogP contribution < -0.4 is 10.1 Å². The summed E-state index contributed by atoms with van der Waals surface area (Å²) in [6.45, 7) is 0.826. The normalized spacial score (nSPS) is 17.0. The van der Waals surface area contributed by atoms with Crippen LogP contribution >= 0.6 is 12.4 Å². The Bertz CT molecular complexity index is 883. The van der Waals surface area contributed by atoms with Crippen LogP contribution in [0.5, 0.6) is 5.75 Å². The number of ether oxygens (including phenoxy) is 1. The maximum atomic E-state index is 10.3. The molecule has 0 aliphatic heterocycles. The van der Waals surface area contributed by atoms with Crippen LogP contribution in [0.3, 0.4) is 0 Å². The second-order valence-electron chi connectivity index (χ2n) is 7.03. The molecule has 3 aromatic rings. The Balaban J connectivity index is 0.00000210. The lowest BCUT2D eigenvalue weighted by Crippen LogP contribution is -2.35.